The highest BCUT2D eigenvalue weighted by molar-refractivity contribution is 4.85. The lowest BCUT2D eigenvalue weighted by atomic mass is 10.1. The molecule has 0 aromatic heterocycles. The molecule has 1 rings (SSSR count). The van der Waals surface area contributed by atoms with Crippen LogP contribution in [0.25, 0.3) is 0 Å². The van der Waals surface area contributed by atoms with Crippen LogP contribution in [0.5, 0.6) is 0 Å². The standard InChI is InChI=1S/C6H12O5/c1-10-6-5(9)4(8)3(2-7)11-6/h3-9H,2H2,1H3/t3?,4-,5?,6?/m0/s1. The van der Waals surface area contributed by atoms with Crippen LogP contribution in [-0.2, 0) is 9.47 Å². The highest BCUT2D eigenvalue weighted by Gasteiger charge is 2.42. The Balaban J connectivity index is 2.53. The van der Waals surface area contributed by atoms with Gasteiger partial charge >= 0.3 is 0 Å². The van der Waals surface area contributed by atoms with Gasteiger partial charge in [-0.1, -0.05) is 0 Å². The Morgan fingerprint density at radius 1 is 1.36 bits per heavy atom. The second-order valence-electron chi connectivity index (χ2n) is 2.44. The summed E-state index contributed by atoms with van der Waals surface area (Å²) in [4.78, 5) is 0. The van der Waals surface area contributed by atoms with Crippen molar-refractivity contribution >= 4 is 0 Å². The third kappa shape index (κ3) is 1.52. The van der Waals surface area contributed by atoms with Gasteiger partial charge in [0, 0.05) is 7.11 Å². The van der Waals surface area contributed by atoms with Crippen molar-refractivity contribution in [2.75, 3.05) is 13.7 Å². The molecule has 4 atom stereocenters. The first-order valence-electron chi connectivity index (χ1n) is 3.36. The summed E-state index contributed by atoms with van der Waals surface area (Å²) >= 11 is 0. The van der Waals surface area contributed by atoms with Crippen LogP contribution in [0.1, 0.15) is 0 Å². The minimum atomic E-state index is -1.07. The van der Waals surface area contributed by atoms with E-state index in [2.05, 4.69) is 4.74 Å². The number of aliphatic hydroxyl groups excluding tert-OH is 3. The van der Waals surface area contributed by atoms with Gasteiger partial charge in [-0.3, -0.25) is 0 Å². The van der Waals surface area contributed by atoms with Crippen molar-refractivity contribution in [1.29, 1.82) is 0 Å². The maximum atomic E-state index is 9.15. The van der Waals surface area contributed by atoms with Crippen molar-refractivity contribution in [1.82, 2.24) is 0 Å². The third-order valence-electron chi connectivity index (χ3n) is 1.73. The zero-order valence-corrected chi connectivity index (χ0v) is 6.17. The summed E-state index contributed by atoms with van der Waals surface area (Å²) in [5.74, 6) is 0. The quantitative estimate of drug-likeness (QED) is 0.443. The number of hydrogen-bond acceptors (Lipinski definition) is 5. The number of aliphatic hydroxyl groups is 3. The maximum absolute atomic E-state index is 9.15. The molecule has 1 saturated heterocycles. The molecule has 0 aliphatic carbocycles. The largest absolute Gasteiger partial charge is 0.394 e. The van der Waals surface area contributed by atoms with E-state index in [1.807, 2.05) is 0 Å². The zero-order chi connectivity index (χ0) is 8.43. The predicted octanol–water partition coefficient (Wildman–Crippen LogP) is -1.93. The molecule has 0 radical (unpaired) electrons. The molecular weight excluding hydrogens is 152 g/mol. The second-order valence-corrected chi connectivity index (χ2v) is 2.44. The van der Waals surface area contributed by atoms with Crippen LogP contribution in [0.15, 0.2) is 0 Å². The summed E-state index contributed by atoms with van der Waals surface area (Å²) in [6, 6.07) is 0. The Hall–Kier alpha value is -0.200. The van der Waals surface area contributed by atoms with Crippen molar-refractivity contribution in [3.05, 3.63) is 0 Å². The summed E-state index contributed by atoms with van der Waals surface area (Å²) in [5.41, 5.74) is 0. The van der Waals surface area contributed by atoms with Gasteiger partial charge < -0.3 is 24.8 Å². The van der Waals surface area contributed by atoms with Gasteiger partial charge in [0.15, 0.2) is 6.29 Å². The smallest absolute Gasteiger partial charge is 0.186 e. The highest BCUT2D eigenvalue weighted by atomic mass is 16.7. The number of ether oxygens (including phenoxy) is 2. The van der Waals surface area contributed by atoms with Gasteiger partial charge in [0.05, 0.1) is 6.61 Å². The van der Waals surface area contributed by atoms with Crippen LogP contribution in [-0.4, -0.2) is 53.6 Å². The van der Waals surface area contributed by atoms with Gasteiger partial charge in [0.25, 0.3) is 0 Å². The maximum Gasteiger partial charge on any atom is 0.186 e. The fourth-order valence-corrected chi connectivity index (χ4v) is 1.06. The normalized spacial score (nSPS) is 44.7. The van der Waals surface area contributed by atoms with Gasteiger partial charge in [-0.15, -0.1) is 0 Å². The highest BCUT2D eigenvalue weighted by Crippen LogP contribution is 2.20. The van der Waals surface area contributed by atoms with E-state index in [4.69, 9.17) is 20.1 Å². The molecule has 1 fully saturated rings. The van der Waals surface area contributed by atoms with Crippen LogP contribution in [0.4, 0.5) is 0 Å². The average molecular weight is 164 g/mol. The van der Waals surface area contributed by atoms with Crippen molar-refractivity contribution in [2.45, 2.75) is 24.6 Å². The van der Waals surface area contributed by atoms with E-state index in [0.29, 0.717) is 0 Å². The van der Waals surface area contributed by atoms with Crippen LogP contribution in [0.3, 0.4) is 0 Å². The van der Waals surface area contributed by atoms with Gasteiger partial charge in [-0.2, -0.15) is 0 Å². The Labute approximate surface area is 64.2 Å². The molecule has 0 aromatic rings. The van der Waals surface area contributed by atoms with Gasteiger partial charge in [-0.05, 0) is 0 Å². The van der Waals surface area contributed by atoms with Crippen molar-refractivity contribution in [2.24, 2.45) is 0 Å². The molecule has 11 heavy (non-hydrogen) atoms. The lowest BCUT2D eigenvalue weighted by Gasteiger charge is -2.11. The first-order valence-corrected chi connectivity index (χ1v) is 3.36. The lowest BCUT2D eigenvalue weighted by molar-refractivity contribution is -0.153. The van der Waals surface area contributed by atoms with E-state index < -0.39 is 24.6 Å². The first-order chi connectivity index (χ1) is 5.20. The molecule has 3 N–H and O–H groups in total. The van der Waals surface area contributed by atoms with Gasteiger partial charge in [-0.25, -0.2) is 0 Å². The number of methoxy groups -OCH3 is 1. The molecule has 0 aromatic carbocycles. The first kappa shape index (κ1) is 8.89. The molecule has 0 amide bonds. The summed E-state index contributed by atoms with van der Waals surface area (Å²) < 4.78 is 9.59. The molecular formula is C6H12O5. The number of rotatable bonds is 2. The van der Waals surface area contributed by atoms with E-state index in [1.165, 1.54) is 7.11 Å². The summed E-state index contributed by atoms with van der Waals surface area (Å²) in [6.45, 7) is -0.321. The molecule has 0 bridgehead atoms. The van der Waals surface area contributed by atoms with E-state index in [-0.39, 0.29) is 6.61 Å². The Kier molecular flexibility index (Phi) is 2.80. The molecule has 5 heteroatoms. The van der Waals surface area contributed by atoms with Crippen molar-refractivity contribution < 1.29 is 24.8 Å². The number of hydrogen-bond donors (Lipinski definition) is 3. The van der Waals surface area contributed by atoms with Crippen LogP contribution < -0.4 is 0 Å². The monoisotopic (exact) mass is 164 g/mol. The Morgan fingerprint density at radius 2 is 2.00 bits per heavy atom. The molecule has 1 heterocycles. The van der Waals surface area contributed by atoms with Gasteiger partial charge in [0.1, 0.15) is 18.3 Å². The van der Waals surface area contributed by atoms with Crippen molar-refractivity contribution in [3.8, 4) is 0 Å². The SMILES string of the molecule is COC1OC(CO)[C@H](O)C1O. The third-order valence-corrected chi connectivity index (χ3v) is 1.73. The van der Waals surface area contributed by atoms with E-state index >= 15 is 0 Å². The summed E-state index contributed by atoms with van der Waals surface area (Å²) in [5, 5.41) is 26.9. The summed E-state index contributed by atoms with van der Waals surface area (Å²) in [6.07, 6.45) is -3.71. The Bertz CT molecular complexity index is 110. The molecule has 5 nitrogen and oxygen atoms in total. The van der Waals surface area contributed by atoms with Crippen LogP contribution >= 0.6 is 0 Å². The van der Waals surface area contributed by atoms with Crippen LogP contribution in [0.2, 0.25) is 0 Å². The molecule has 0 saturated carbocycles. The molecule has 1 aliphatic heterocycles. The fourth-order valence-electron chi connectivity index (χ4n) is 1.06. The van der Waals surface area contributed by atoms with Crippen molar-refractivity contribution in [3.63, 3.8) is 0 Å². The molecule has 3 unspecified atom stereocenters. The fraction of sp³-hybridized carbons (Fsp3) is 1.00. The minimum Gasteiger partial charge on any atom is -0.394 e. The van der Waals surface area contributed by atoms with Crippen LogP contribution in [0, 0.1) is 0 Å². The van der Waals surface area contributed by atoms with Gasteiger partial charge in [0.2, 0.25) is 0 Å². The Morgan fingerprint density at radius 3 is 2.27 bits per heavy atom. The average Bonchev–Trinajstić information content (AvgIpc) is 2.30. The molecule has 1 aliphatic rings. The predicted molar refractivity (Wildman–Crippen MR) is 34.8 cm³/mol. The summed E-state index contributed by atoms with van der Waals surface area (Å²) in [7, 11) is 1.36. The zero-order valence-electron chi connectivity index (χ0n) is 6.17. The molecule has 0 spiro atoms. The van der Waals surface area contributed by atoms with E-state index in [0.717, 1.165) is 0 Å². The van der Waals surface area contributed by atoms with E-state index in [9.17, 15) is 0 Å². The molecule has 66 valence electrons. The lowest BCUT2D eigenvalue weighted by Crippen LogP contribution is -2.34. The topological polar surface area (TPSA) is 79.2 Å². The minimum absolute atomic E-state index is 0.321. The second kappa shape index (κ2) is 3.46. The van der Waals surface area contributed by atoms with E-state index in [1.54, 1.807) is 0 Å².